The molecular formula is C12H8F3N3O2. The molecule has 0 aliphatic heterocycles. The van der Waals surface area contributed by atoms with Crippen LogP contribution in [0.3, 0.4) is 0 Å². The summed E-state index contributed by atoms with van der Waals surface area (Å²) in [5, 5.41) is 17.5. The molecule has 20 heavy (non-hydrogen) atoms. The highest BCUT2D eigenvalue weighted by Crippen LogP contribution is 2.30. The number of hydrogen-bond donors (Lipinski definition) is 1. The predicted molar refractivity (Wildman–Crippen MR) is 60.9 cm³/mol. The second kappa shape index (κ2) is 4.85. The van der Waals surface area contributed by atoms with Gasteiger partial charge in [-0.3, -0.25) is 4.79 Å². The van der Waals surface area contributed by atoms with Gasteiger partial charge in [0.1, 0.15) is 5.65 Å². The Bertz CT molecular complexity index is 713. The van der Waals surface area contributed by atoms with E-state index in [1.165, 1.54) is 4.40 Å². The number of imidazole rings is 1. The van der Waals surface area contributed by atoms with Crippen molar-refractivity contribution in [2.75, 3.05) is 0 Å². The van der Waals surface area contributed by atoms with Crippen LogP contribution in [0.25, 0.3) is 5.65 Å². The summed E-state index contributed by atoms with van der Waals surface area (Å²) in [4.78, 5) is 14.6. The van der Waals surface area contributed by atoms with Crippen molar-refractivity contribution < 1.29 is 23.1 Å². The average Bonchev–Trinajstić information content (AvgIpc) is 2.65. The number of halogens is 3. The van der Waals surface area contributed by atoms with Crippen molar-refractivity contribution in [3.63, 3.8) is 0 Å². The third-order valence-electron chi connectivity index (χ3n) is 2.70. The van der Waals surface area contributed by atoms with Gasteiger partial charge in [0.25, 0.3) is 0 Å². The largest absolute Gasteiger partial charge is 0.481 e. The van der Waals surface area contributed by atoms with Gasteiger partial charge >= 0.3 is 12.1 Å². The van der Waals surface area contributed by atoms with Gasteiger partial charge in [-0.25, -0.2) is 4.98 Å². The first kappa shape index (κ1) is 13.9. The van der Waals surface area contributed by atoms with Crippen molar-refractivity contribution in [3.8, 4) is 6.07 Å². The zero-order chi connectivity index (χ0) is 14.9. The van der Waals surface area contributed by atoms with Gasteiger partial charge in [-0.15, -0.1) is 0 Å². The molecular weight excluding hydrogens is 275 g/mol. The Balaban J connectivity index is 2.61. The number of nitriles is 1. The van der Waals surface area contributed by atoms with Gasteiger partial charge in [-0.1, -0.05) is 0 Å². The number of pyridine rings is 1. The highest BCUT2D eigenvalue weighted by molar-refractivity contribution is 5.70. The van der Waals surface area contributed by atoms with Crippen LogP contribution in [0.15, 0.2) is 18.3 Å². The molecule has 0 fully saturated rings. The Kier molecular flexibility index (Phi) is 3.36. The molecule has 0 radical (unpaired) electrons. The number of aromatic nitrogens is 2. The molecule has 5 nitrogen and oxygen atoms in total. The van der Waals surface area contributed by atoms with Crippen LogP contribution in [-0.4, -0.2) is 20.5 Å². The first-order valence-corrected chi connectivity index (χ1v) is 5.48. The molecule has 0 aromatic carbocycles. The number of hydrogen-bond acceptors (Lipinski definition) is 3. The van der Waals surface area contributed by atoms with Crippen molar-refractivity contribution in [1.29, 1.82) is 5.26 Å². The summed E-state index contributed by atoms with van der Waals surface area (Å²) in [5.74, 6) is -1.16. The van der Waals surface area contributed by atoms with Crippen molar-refractivity contribution >= 4 is 11.6 Å². The lowest BCUT2D eigenvalue weighted by Gasteiger charge is -2.06. The molecule has 0 amide bonds. The first-order chi connectivity index (χ1) is 9.32. The highest BCUT2D eigenvalue weighted by Gasteiger charge is 2.31. The first-order valence-electron chi connectivity index (χ1n) is 5.48. The molecule has 2 aromatic heterocycles. The number of carbonyl (C=O) groups is 1. The van der Waals surface area contributed by atoms with Crippen molar-refractivity contribution in [3.05, 3.63) is 35.3 Å². The van der Waals surface area contributed by atoms with Gasteiger partial charge in [0.15, 0.2) is 0 Å². The molecule has 0 bridgehead atoms. The van der Waals surface area contributed by atoms with E-state index in [9.17, 15) is 18.0 Å². The van der Waals surface area contributed by atoms with E-state index in [4.69, 9.17) is 10.4 Å². The van der Waals surface area contributed by atoms with Crippen LogP contribution < -0.4 is 0 Å². The Morgan fingerprint density at radius 3 is 2.75 bits per heavy atom. The summed E-state index contributed by atoms with van der Waals surface area (Å²) in [5.41, 5.74) is -0.515. The van der Waals surface area contributed by atoms with Gasteiger partial charge < -0.3 is 9.51 Å². The van der Waals surface area contributed by atoms with E-state index in [0.29, 0.717) is 5.69 Å². The number of carboxylic acid groups (broad SMARTS) is 1. The fourth-order valence-corrected chi connectivity index (χ4v) is 1.87. The molecule has 1 N–H and O–H groups in total. The fraction of sp³-hybridized carbons (Fsp3) is 0.250. The number of nitrogens with zero attached hydrogens (tertiary/aromatic N) is 3. The lowest BCUT2D eigenvalue weighted by atomic mass is 10.2. The number of carboxylic acids is 1. The third kappa shape index (κ3) is 2.56. The van der Waals surface area contributed by atoms with Crippen LogP contribution in [0.4, 0.5) is 13.2 Å². The van der Waals surface area contributed by atoms with Crippen molar-refractivity contribution in [2.24, 2.45) is 0 Å². The minimum atomic E-state index is -4.50. The maximum absolute atomic E-state index is 12.6. The fourth-order valence-electron chi connectivity index (χ4n) is 1.87. The van der Waals surface area contributed by atoms with E-state index >= 15 is 0 Å². The van der Waals surface area contributed by atoms with Crippen LogP contribution in [0, 0.1) is 11.3 Å². The van der Waals surface area contributed by atoms with E-state index in [2.05, 4.69) is 4.98 Å². The zero-order valence-corrected chi connectivity index (χ0v) is 9.98. The Labute approximate surface area is 110 Å². The number of aliphatic carboxylic acids is 1. The molecule has 0 saturated heterocycles. The van der Waals surface area contributed by atoms with E-state index in [1.54, 1.807) is 0 Å². The minimum absolute atomic E-state index is 0.0266. The number of rotatable bonds is 3. The topological polar surface area (TPSA) is 78.4 Å². The van der Waals surface area contributed by atoms with Crippen LogP contribution >= 0.6 is 0 Å². The Morgan fingerprint density at radius 2 is 2.20 bits per heavy atom. The average molecular weight is 283 g/mol. The minimum Gasteiger partial charge on any atom is -0.481 e. The van der Waals surface area contributed by atoms with Crippen molar-refractivity contribution in [1.82, 2.24) is 9.38 Å². The van der Waals surface area contributed by atoms with Crippen molar-refractivity contribution in [2.45, 2.75) is 19.0 Å². The number of alkyl halides is 3. The summed E-state index contributed by atoms with van der Waals surface area (Å²) < 4.78 is 39.1. The summed E-state index contributed by atoms with van der Waals surface area (Å²) in [7, 11) is 0. The quantitative estimate of drug-likeness (QED) is 0.935. The monoisotopic (exact) mass is 283 g/mol. The maximum Gasteiger partial charge on any atom is 0.416 e. The Hall–Kier alpha value is -2.56. The van der Waals surface area contributed by atoms with E-state index < -0.39 is 24.1 Å². The molecule has 2 rings (SSSR count). The third-order valence-corrected chi connectivity index (χ3v) is 2.70. The molecule has 0 aliphatic carbocycles. The standard InChI is InChI=1S/C12H8F3N3O2/c13-12(14,15)7-2-4-18-9(1-3-16)8(6-11(19)20)17-10(18)5-7/h2,4-5H,1,6H2,(H,19,20). The normalized spacial score (nSPS) is 11.5. The van der Waals surface area contributed by atoms with Crippen LogP contribution in [0.2, 0.25) is 0 Å². The maximum atomic E-state index is 12.6. The van der Waals surface area contributed by atoms with Gasteiger partial charge in [-0.2, -0.15) is 18.4 Å². The lowest BCUT2D eigenvalue weighted by Crippen LogP contribution is -2.06. The summed E-state index contributed by atoms with van der Waals surface area (Å²) in [6.45, 7) is 0. The molecule has 8 heteroatoms. The second-order valence-corrected chi connectivity index (χ2v) is 4.05. The molecule has 0 atom stereocenters. The molecule has 0 aliphatic rings. The molecule has 2 aromatic rings. The molecule has 2 heterocycles. The van der Waals surface area contributed by atoms with Gasteiger partial charge in [0, 0.05) is 6.20 Å². The summed E-state index contributed by atoms with van der Waals surface area (Å²) in [6.07, 6.45) is -3.94. The zero-order valence-electron chi connectivity index (χ0n) is 9.98. The lowest BCUT2D eigenvalue weighted by molar-refractivity contribution is -0.138. The van der Waals surface area contributed by atoms with E-state index in [1.807, 2.05) is 6.07 Å². The van der Waals surface area contributed by atoms with E-state index in [-0.39, 0.29) is 17.8 Å². The smallest absolute Gasteiger partial charge is 0.416 e. The molecule has 0 unspecified atom stereocenters. The molecule has 104 valence electrons. The molecule has 0 saturated carbocycles. The summed E-state index contributed by atoms with van der Waals surface area (Å²) in [6, 6.07) is 3.53. The van der Waals surface area contributed by atoms with Crippen LogP contribution in [0.1, 0.15) is 17.0 Å². The van der Waals surface area contributed by atoms with Gasteiger partial charge in [0.05, 0.1) is 35.9 Å². The number of fused-ring (bicyclic) bond motifs is 1. The molecule has 0 spiro atoms. The predicted octanol–water partition coefficient (Wildman–Crippen LogP) is 2.05. The SMILES string of the molecule is N#CCc1c(CC(=O)O)nc2cc(C(F)(F)F)ccn12. The Morgan fingerprint density at radius 1 is 1.50 bits per heavy atom. The summed E-state index contributed by atoms with van der Waals surface area (Å²) >= 11 is 0. The van der Waals surface area contributed by atoms with Crippen LogP contribution in [-0.2, 0) is 23.8 Å². The highest BCUT2D eigenvalue weighted by atomic mass is 19.4. The van der Waals surface area contributed by atoms with Gasteiger partial charge in [-0.05, 0) is 12.1 Å². The van der Waals surface area contributed by atoms with Gasteiger partial charge in [0.2, 0.25) is 0 Å². The van der Waals surface area contributed by atoms with Crippen LogP contribution in [0.5, 0.6) is 0 Å². The second-order valence-electron chi connectivity index (χ2n) is 4.05. The van der Waals surface area contributed by atoms with E-state index in [0.717, 1.165) is 18.3 Å².